The smallest absolute Gasteiger partial charge is 0.334 e. The van der Waals surface area contributed by atoms with Gasteiger partial charge in [0.2, 0.25) is 0 Å². The van der Waals surface area contributed by atoms with Gasteiger partial charge in [-0.3, -0.25) is 0 Å². The maximum Gasteiger partial charge on any atom is 0.334 e. The molecule has 1 aliphatic heterocycles. The maximum atomic E-state index is 12.2. The van der Waals surface area contributed by atoms with Crippen molar-refractivity contribution < 1.29 is 19.0 Å². The summed E-state index contributed by atoms with van der Waals surface area (Å²) in [5, 5.41) is 0. The van der Waals surface area contributed by atoms with Gasteiger partial charge in [0.05, 0.1) is 12.7 Å². The molecule has 176 valence electrons. The molecule has 4 rings (SSSR count). The number of carbonyl (C=O) groups excluding carboxylic acids is 1. The lowest BCUT2D eigenvalue weighted by molar-refractivity contribution is -0.148. The molecule has 0 radical (unpaired) electrons. The van der Waals surface area contributed by atoms with Crippen molar-refractivity contribution in [2.75, 3.05) is 6.61 Å². The van der Waals surface area contributed by atoms with Crippen molar-refractivity contribution in [2.45, 2.75) is 50.9 Å². The fraction of sp³-hybridized carbons (Fsp3) is 0.300. The predicted molar refractivity (Wildman–Crippen MR) is 133 cm³/mol. The van der Waals surface area contributed by atoms with Crippen LogP contribution in [0.4, 0.5) is 0 Å². The van der Waals surface area contributed by atoms with Crippen LogP contribution >= 0.6 is 0 Å². The molecule has 1 unspecified atom stereocenters. The van der Waals surface area contributed by atoms with Crippen LogP contribution in [0.25, 0.3) is 0 Å². The van der Waals surface area contributed by atoms with Crippen LogP contribution in [-0.2, 0) is 24.6 Å². The van der Waals surface area contributed by atoms with Crippen molar-refractivity contribution in [3.05, 3.63) is 120 Å². The van der Waals surface area contributed by atoms with Gasteiger partial charge in [0.15, 0.2) is 0 Å². The van der Waals surface area contributed by atoms with Crippen LogP contribution < -0.4 is 0 Å². The molecule has 0 spiro atoms. The zero-order chi connectivity index (χ0) is 24.0. The second-order valence-corrected chi connectivity index (χ2v) is 9.51. The largest absolute Gasteiger partial charge is 0.492 e. The van der Waals surface area contributed by atoms with Gasteiger partial charge in [-0.05, 0) is 43.9 Å². The van der Waals surface area contributed by atoms with Crippen molar-refractivity contribution >= 4 is 5.97 Å². The Morgan fingerprint density at radius 2 is 1.32 bits per heavy atom. The average molecular weight is 457 g/mol. The topological polar surface area (TPSA) is 44.8 Å². The van der Waals surface area contributed by atoms with Crippen molar-refractivity contribution in [1.29, 1.82) is 0 Å². The highest BCUT2D eigenvalue weighted by Crippen LogP contribution is 2.41. The molecule has 1 saturated heterocycles. The quantitative estimate of drug-likeness (QED) is 0.234. The molecule has 0 N–H and O–H groups in total. The summed E-state index contributed by atoms with van der Waals surface area (Å²) in [6.45, 7) is 5.94. The fourth-order valence-corrected chi connectivity index (χ4v) is 4.31. The standard InChI is InChI=1S/C30H32O4/c1-29(2,3)34-28(31)21-26-19-20-27(33-26)22-32-30(23-13-7-4-8-14-23,24-15-9-5-10-16-24)25-17-11-6-12-18-25/h4-18,21,27H,19-20,22H2,1-3H3/b26-21-. The fourth-order valence-electron chi connectivity index (χ4n) is 4.31. The molecule has 1 aliphatic rings. The Kier molecular flexibility index (Phi) is 7.18. The Morgan fingerprint density at radius 1 is 0.853 bits per heavy atom. The second kappa shape index (κ2) is 10.3. The first-order chi connectivity index (χ1) is 16.4. The highest BCUT2D eigenvalue weighted by Gasteiger charge is 2.39. The third-order valence-corrected chi connectivity index (χ3v) is 5.74. The van der Waals surface area contributed by atoms with E-state index in [1.807, 2.05) is 75.4 Å². The number of hydrogen-bond donors (Lipinski definition) is 0. The van der Waals surface area contributed by atoms with Crippen LogP contribution in [0.2, 0.25) is 0 Å². The first-order valence-electron chi connectivity index (χ1n) is 11.8. The summed E-state index contributed by atoms with van der Waals surface area (Å²) < 4.78 is 18.3. The van der Waals surface area contributed by atoms with Gasteiger partial charge in [0.25, 0.3) is 0 Å². The minimum absolute atomic E-state index is 0.149. The Bertz CT molecular complexity index is 1000. The van der Waals surface area contributed by atoms with Gasteiger partial charge in [0.1, 0.15) is 23.1 Å². The average Bonchev–Trinajstić information content (AvgIpc) is 3.27. The second-order valence-electron chi connectivity index (χ2n) is 9.51. The van der Waals surface area contributed by atoms with Crippen LogP contribution in [0.1, 0.15) is 50.3 Å². The molecule has 4 heteroatoms. The van der Waals surface area contributed by atoms with E-state index in [1.165, 1.54) is 6.08 Å². The molecule has 0 aliphatic carbocycles. The highest BCUT2D eigenvalue weighted by molar-refractivity contribution is 5.82. The predicted octanol–water partition coefficient (Wildman–Crippen LogP) is 6.40. The number of allylic oxidation sites excluding steroid dienone is 1. The number of carbonyl (C=O) groups is 1. The molecular weight excluding hydrogens is 424 g/mol. The number of ether oxygens (including phenoxy) is 3. The summed E-state index contributed by atoms with van der Waals surface area (Å²) in [5.41, 5.74) is 1.83. The zero-order valence-corrected chi connectivity index (χ0v) is 20.1. The molecule has 3 aromatic carbocycles. The summed E-state index contributed by atoms with van der Waals surface area (Å²) in [6.07, 6.45) is 2.78. The molecule has 4 nitrogen and oxygen atoms in total. The van der Waals surface area contributed by atoms with E-state index in [1.54, 1.807) is 0 Å². The van der Waals surface area contributed by atoms with E-state index in [4.69, 9.17) is 14.2 Å². The lowest BCUT2D eigenvalue weighted by atomic mass is 9.80. The number of hydrogen-bond acceptors (Lipinski definition) is 4. The summed E-state index contributed by atoms with van der Waals surface area (Å²) in [6, 6.07) is 30.8. The molecule has 3 aromatic rings. The van der Waals surface area contributed by atoms with E-state index >= 15 is 0 Å². The molecule has 1 fully saturated rings. The van der Waals surface area contributed by atoms with E-state index in [-0.39, 0.29) is 12.1 Å². The Hall–Kier alpha value is -3.37. The maximum absolute atomic E-state index is 12.2. The third kappa shape index (κ3) is 5.57. The van der Waals surface area contributed by atoms with E-state index in [0.29, 0.717) is 18.8 Å². The van der Waals surface area contributed by atoms with Gasteiger partial charge >= 0.3 is 5.97 Å². The summed E-state index contributed by atoms with van der Waals surface area (Å²) >= 11 is 0. The Morgan fingerprint density at radius 3 is 1.76 bits per heavy atom. The van der Waals surface area contributed by atoms with E-state index in [9.17, 15) is 4.79 Å². The minimum Gasteiger partial charge on any atom is -0.492 e. The van der Waals surface area contributed by atoms with Crippen molar-refractivity contribution in [1.82, 2.24) is 0 Å². The monoisotopic (exact) mass is 456 g/mol. The number of esters is 1. The summed E-state index contributed by atoms with van der Waals surface area (Å²) in [4.78, 5) is 12.2. The molecule has 1 heterocycles. The number of benzene rings is 3. The van der Waals surface area contributed by atoms with E-state index in [0.717, 1.165) is 23.1 Å². The van der Waals surface area contributed by atoms with Crippen LogP contribution in [0.3, 0.4) is 0 Å². The lowest BCUT2D eigenvalue weighted by Gasteiger charge is -2.36. The van der Waals surface area contributed by atoms with Gasteiger partial charge in [0, 0.05) is 6.42 Å². The molecule has 0 saturated carbocycles. The number of rotatable bonds is 7. The Labute approximate surface area is 202 Å². The summed E-state index contributed by atoms with van der Waals surface area (Å²) in [5.74, 6) is 0.267. The molecule has 34 heavy (non-hydrogen) atoms. The van der Waals surface area contributed by atoms with Gasteiger partial charge in [-0.2, -0.15) is 0 Å². The first-order valence-corrected chi connectivity index (χ1v) is 11.8. The van der Waals surface area contributed by atoms with Crippen LogP contribution in [-0.4, -0.2) is 24.3 Å². The molecule has 1 atom stereocenters. The van der Waals surface area contributed by atoms with E-state index < -0.39 is 11.2 Å². The normalized spacial score (nSPS) is 17.4. The minimum atomic E-state index is -0.787. The van der Waals surface area contributed by atoms with Gasteiger partial charge < -0.3 is 14.2 Å². The van der Waals surface area contributed by atoms with Crippen LogP contribution in [0, 0.1) is 0 Å². The van der Waals surface area contributed by atoms with Crippen LogP contribution in [0.15, 0.2) is 103 Å². The molecular formula is C30H32O4. The Balaban J connectivity index is 1.61. The van der Waals surface area contributed by atoms with E-state index in [2.05, 4.69) is 36.4 Å². The third-order valence-electron chi connectivity index (χ3n) is 5.74. The highest BCUT2D eigenvalue weighted by atomic mass is 16.6. The lowest BCUT2D eigenvalue weighted by Crippen LogP contribution is -2.35. The first kappa shape index (κ1) is 23.8. The van der Waals surface area contributed by atoms with Crippen LogP contribution in [0.5, 0.6) is 0 Å². The van der Waals surface area contributed by atoms with Gasteiger partial charge in [-0.1, -0.05) is 91.0 Å². The summed E-state index contributed by atoms with van der Waals surface area (Å²) in [7, 11) is 0. The van der Waals surface area contributed by atoms with Gasteiger partial charge in [-0.25, -0.2) is 4.79 Å². The molecule has 0 aromatic heterocycles. The SMILES string of the molecule is CC(C)(C)OC(=O)/C=C1/CCC(COC(c2ccccc2)(c2ccccc2)c2ccccc2)O1. The molecule has 0 amide bonds. The zero-order valence-electron chi connectivity index (χ0n) is 20.1. The van der Waals surface area contributed by atoms with Crippen molar-refractivity contribution in [3.63, 3.8) is 0 Å². The van der Waals surface area contributed by atoms with Crippen molar-refractivity contribution in [2.24, 2.45) is 0 Å². The van der Waals surface area contributed by atoms with Gasteiger partial charge in [-0.15, -0.1) is 0 Å². The molecule has 0 bridgehead atoms. The van der Waals surface area contributed by atoms with Crippen molar-refractivity contribution in [3.8, 4) is 0 Å².